The van der Waals surface area contributed by atoms with Gasteiger partial charge in [0, 0.05) is 51.9 Å². The SMILES string of the molecule is C1#CCCN2CCC#CCCN(CC1)CCCCCC2. The van der Waals surface area contributed by atoms with E-state index >= 15 is 0 Å². The highest BCUT2D eigenvalue weighted by atomic mass is 15.1. The van der Waals surface area contributed by atoms with Gasteiger partial charge in [0.1, 0.15) is 0 Å². The number of nitrogens with zero attached hydrogens (tertiary/aromatic N) is 2. The molecule has 0 aliphatic carbocycles. The molecule has 0 saturated heterocycles. The Labute approximate surface area is 124 Å². The molecule has 0 spiro atoms. The van der Waals surface area contributed by atoms with Gasteiger partial charge in [0.25, 0.3) is 0 Å². The van der Waals surface area contributed by atoms with Crippen LogP contribution in [0.15, 0.2) is 0 Å². The third kappa shape index (κ3) is 6.47. The first kappa shape index (κ1) is 15.4. The average Bonchev–Trinajstić information content (AvgIpc) is 2.47. The van der Waals surface area contributed by atoms with Gasteiger partial charge in [-0.3, -0.25) is 0 Å². The topological polar surface area (TPSA) is 6.48 Å². The van der Waals surface area contributed by atoms with E-state index in [2.05, 4.69) is 33.5 Å². The van der Waals surface area contributed by atoms with Crippen LogP contribution in [0.1, 0.15) is 51.4 Å². The van der Waals surface area contributed by atoms with E-state index in [-0.39, 0.29) is 0 Å². The van der Waals surface area contributed by atoms with Crippen LogP contribution in [0, 0.1) is 23.7 Å². The fourth-order valence-electron chi connectivity index (χ4n) is 2.90. The summed E-state index contributed by atoms with van der Waals surface area (Å²) in [6.07, 6.45) is 9.51. The molecule has 0 unspecified atom stereocenters. The van der Waals surface area contributed by atoms with E-state index in [1.54, 1.807) is 0 Å². The van der Waals surface area contributed by atoms with Gasteiger partial charge >= 0.3 is 0 Å². The first-order chi connectivity index (χ1) is 9.95. The van der Waals surface area contributed by atoms with Crippen molar-refractivity contribution >= 4 is 0 Å². The van der Waals surface area contributed by atoms with Crippen molar-refractivity contribution in [3.63, 3.8) is 0 Å². The lowest BCUT2D eigenvalue weighted by Crippen LogP contribution is -2.28. The van der Waals surface area contributed by atoms with Crippen LogP contribution in [0.3, 0.4) is 0 Å². The summed E-state index contributed by atoms with van der Waals surface area (Å²) >= 11 is 0. The fourth-order valence-corrected chi connectivity index (χ4v) is 2.90. The summed E-state index contributed by atoms with van der Waals surface area (Å²) in [4.78, 5) is 5.13. The monoisotopic (exact) mass is 272 g/mol. The van der Waals surface area contributed by atoms with Crippen molar-refractivity contribution in [3.8, 4) is 23.7 Å². The van der Waals surface area contributed by atoms with Crippen molar-refractivity contribution in [3.05, 3.63) is 0 Å². The largest absolute Gasteiger partial charge is 0.301 e. The highest BCUT2D eigenvalue weighted by Crippen LogP contribution is 2.07. The Kier molecular flexibility index (Phi) is 7.61. The smallest absolute Gasteiger partial charge is 0.0217 e. The molecule has 3 rings (SSSR count). The third-order valence-electron chi connectivity index (χ3n) is 4.16. The Morgan fingerprint density at radius 3 is 1.10 bits per heavy atom. The quantitative estimate of drug-likeness (QED) is 0.626. The van der Waals surface area contributed by atoms with Crippen LogP contribution >= 0.6 is 0 Å². The van der Waals surface area contributed by atoms with Crippen molar-refractivity contribution in [2.45, 2.75) is 51.4 Å². The Hall–Kier alpha value is -0.960. The lowest BCUT2D eigenvalue weighted by molar-refractivity contribution is 0.265. The zero-order chi connectivity index (χ0) is 13.9. The number of hydrogen-bond acceptors (Lipinski definition) is 2. The van der Waals surface area contributed by atoms with Crippen LogP contribution < -0.4 is 0 Å². The maximum absolute atomic E-state index is 3.35. The molecule has 0 aromatic carbocycles. The van der Waals surface area contributed by atoms with Gasteiger partial charge in [0.15, 0.2) is 0 Å². The molecule has 2 nitrogen and oxygen atoms in total. The zero-order valence-corrected chi connectivity index (χ0v) is 12.8. The predicted octanol–water partition coefficient (Wildman–Crippen LogP) is 2.75. The van der Waals surface area contributed by atoms with Crippen molar-refractivity contribution in [1.29, 1.82) is 0 Å². The van der Waals surface area contributed by atoms with E-state index in [0.717, 1.165) is 51.9 Å². The van der Waals surface area contributed by atoms with Gasteiger partial charge in [-0.1, -0.05) is 12.8 Å². The van der Waals surface area contributed by atoms with Gasteiger partial charge in [-0.2, -0.15) is 0 Å². The van der Waals surface area contributed by atoms with Crippen LogP contribution in [0.25, 0.3) is 0 Å². The minimum absolute atomic E-state index is 1.02. The molecule has 0 aromatic rings. The lowest BCUT2D eigenvalue weighted by atomic mass is 10.1. The molecular formula is C18H28N2. The van der Waals surface area contributed by atoms with Gasteiger partial charge in [-0.15, -0.1) is 23.7 Å². The summed E-state index contributed by atoms with van der Waals surface area (Å²) in [6, 6.07) is 0. The van der Waals surface area contributed by atoms with E-state index in [0.29, 0.717) is 0 Å². The summed E-state index contributed by atoms with van der Waals surface area (Å²) in [5.41, 5.74) is 0. The Morgan fingerprint density at radius 1 is 0.400 bits per heavy atom. The molecule has 0 aromatic heterocycles. The second-order valence-electron chi connectivity index (χ2n) is 5.80. The van der Waals surface area contributed by atoms with Gasteiger partial charge in [-0.05, 0) is 25.9 Å². The third-order valence-corrected chi connectivity index (χ3v) is 4.16. The molecule has 2 heteroatoms. The van der Waals surface area contributed by atoms with Crippen molar-refractivity contribution in [1.82, 2.24) is 9.80 Å². The summed E-state index contributed by atoms with van der Waals surface area (Å²) in [7, 11) is 0. The molecule has 0 amide bonds. The molecule has 0 N–H and O–H groups in total. The molecule has 0 fully saturated rings. The van der Waals surface area contributed by atoms with E-state index in [9.17, 15) is 0 Å². The second kappa shape index (κ2) is 9.87. The minimum Gasteiger partial charge on any atom is -0.301 e. The van der Waals surface area contributed by atoms with E-state index in [1.807, 2.05) is 0 Å². The molecule has 3 aliphatic rings. The van der Waals surface area contributed by atoms with E-state index in [4.69, 9.17) is 0 Å². The van der Waals surface area contributed by atoms with E-state index < -0.39 is 0 Å². The maximum atomic E-state index is 3.35. The fraction of sp³-hybridized carbons (Fsp3) is 0.778. The molecule has 110 valence electrons. The summed E-state index contributed by atoms with van der Waals surface area (Å²) < 4.78 is 0. The minimum atomic E-state index is 1.02. The number of rotatable bonds is 0. The first-order valence-electron chi connectivity index (χ1n) is 8.31. The number of hydrogen-bond donors (Lipinski definition) is 0. The second-order valence-corrected chi connectivity index (χ2v) is 5.80. The average molecular weight is 272 g/mol. The Morgan fingerprint density at radius 2 is 0.750 bits per heavy atom. The van der Waals surface area contributed by atoms with Gasteiger partial charge in [-0.25, -0.2) is 0 Å². The zero-order valence-electron chi connectivity index (χ0n) is 12.8. The first-order valence-corrected chi connectivity index (χ1v) is 8.31. The molecule has 3 aliphatic heterocycles. The molecule has 0 radical (unpaired) electrons. The van der Waals surface area contributed by atoms with Crippen LogP contribution in [-0.2, 0) is 0 Å². The highest BCUT2D eigenvalue weighted by molar-refractivity contribution is 5.02. The molecule has 3 heterocycles. The van der Waals surface area contributed by atoms with Gasteiger partial charge < -0.3 is 9.80 Å². The highest BCUT2D eigenvalue weighted by Gasteiger charge is 2.06. The van der Waals surface area contributed by atoms with Crippen molar-refractivity contribution < 1.29 is 0 Å². The van der Waals surface area contributed by atoms with Gasteiger partial charge in [0.2, 0.25) is 0 Å². The summed E-state index contributed by atoms with van der Waals surface area (Å²) in [5.74, 6) is 13.4. The Balaban J connectivity index is 2.02. The maximum Gasteiger partial charge on any atom is 0.0217 e. The predicted molar refractivity (Wildman–Crippen MR) is 85.4 cm³/mol. The number of fused-ring (bicyclic) bond motifs is 13. The molecule has 2 bridgehead atoms. The standard InChI is InChI=1S/C18H28N2/c1-2-8-14-20-17-11-5-3-9-15-19(13-7-1)16-10-4-6-12-18-20/h1-2,7-18H2. The molecule has 0 atom stereocenters. The van der Waals surface area contributed by atoms with Gasteiger partial charge in [0.05, 0.1) is 0 Å². The lowest BCUT2D eigenvalue weighted by Gasteiger charge is -2.22. The summed E-state index contributed by atoms with van der Waals surface area (Å²) in [5, 5.41) is 0. The van der Waals surface area contributed by atoms with Crippen molar-refractivity contribution in [2.75, 3.05) is 39.3 Å². The van der Waals surface area contributed by atoms with Crippen LogP contribution in [0.4, 0.5) is 0 Å². The van der Waals surface area contributed by atoms with Crippen molar-refractivity contribution in [2.24, 2.45) is 0 Å². The van der Waals surface area contributed by atoms with Crippen LogP contribution in [-0.4, -0.2) is 49.1 Å². The van der Waals surface area contributed by atoms with Crippen LogP contribution in [0.2, 0.25) is 0 Å². The van der Waals surface area contributed by atoms with E-state index in [1.165, 1.54) is 38.8 Å². The van der Waals surface area contributed by atoms with Crippen LogP contribution in [0.5, 0.6) is 0 Å². The summed E-state index contributed by atoms with van der Waals surface area (Å²) in [6.45, 7) is 6.95. The normalized spacial score (nSPS) is 29.2. The molecular weight excluding hydrogens is 244 g/mol. The molecule has 0 saturated carbocycles. The molecule has 20 heavy (non-hydrogen) atoms. The Bertz CT molecular complexity index is 318.